The Labute approximate surface area is 206 Å². The average Bonchev–Trinajstić information content (AvgIpc) is 3.10. The number of ether oxygens (including phenoxy) is 2. The maximum atomic E-state index is 13.2. The molecule has 2 heterocycles. The zero-order chi connectivity index (χ0) is 24.4. The van der Waals surface area contributed by atoms with Gasteiger partial charge in [0.15, 0.2) is 0 Å². The number of methoxy groups -OCH3 is 2. The number of likely N-dealkylation sites (tertiary alicyclic amines) is 1. The van der Waals surface area contributed by atoms with Crippen LogP contribution in [0.15, 0.2) is 66.4 Å². The molecule has 1 N–H and O–H groups in total. The van der Waals surface area contributed by atoms with Crippen LogP contribution in [0.4, 0.5) is 0 Å². The van der Waals surface area contributed by atoms with Gasteiger partial charge in [-0.25, -0.2) is 0 Å². The van der Waals surface area contributed by atoms with Crippen LogP contribution in [-0.2, 0) is 16.1 Å². The number of aliphatic hydroxyl groups excluding tert-OH is 1. The number of nitrogens with zero attached hydrogens (tertiary/aromatic N) is 2. The highest BCUT2D eigenvalue weighted by Crippen LogP contribution is 2.43. The first-order chi connectivity index (χ1) is 16.3. The number of hydrogen-bond donors (Lipinski definition) is 1. The molecule has 0 radical (unpaired) electrons. The minimum Gasteiger partial charge on any atom is -0.507 e. The lowest BCUT2D eigenvalue weighted by Gasteiger charge is -2.25. The Hall–Kier alpha value is -3.55. The van der Waals surface area contributed by atoms with E-state index < -0.39 is 23.5 Å². The number of ketones is 1. The second-order valence-electron chi connectivity index (χ2n) is 7.49. The molecular formula is C25H20Cl2N2O5. The van der Waals surface area contributed by atoms with Crippen molar-refractivity contribution in [2.45, 2.75) is 12.6 Å². The molecule has 1 aromatic heterocycles. The summed E-state index contributed by atoms with van der Waals surface area (Å²) in [5.41, 5.74) is 1.19. The summed E-state index contributed by atoms with van der Waals surface area (Å²) in [5, 5.41) is 11.9. The molecule has 34 heavy (non-hydrogen) atoms. The van der Waals surface area contributed by atoms with E-state index in [1.807, 2.05) is 0 Å². The largest absolute Gasteiger partial charge is 0.507 e. The summed E-state index contributed by atoms with van der Waals surface area (Å²) < 4.78 is 10.6. The van der Waals surface area contributed by atoms with Crippen LogP contribution in [0.1, 0.15) is 22.9 Å². The zero-order valence-corrected chi connectivity index (χ0v) is 19.8. The first-order valence-electron chi connectivity index (χ1n) is 10.2. The van der Waals surface area contributed by atoms with Crippen molar-refractivity contribution in [3.05, 3.63) is 93.2 Å². The smallest absolute Gasteiger partial charge is 0.296 e. The van der Waals surface area contributed by atoms with Crippen LogP contribution in [0.3, 0.4) is 0 Å². The molecule has 0 saturated carbocycles. The van der Waals surface area contributed by atoms with Crippen molar-refractivity contribution in [3.63, 3.8) is 0 Å². The van der Waals surface area contributed by atoms with E-state index in [0.717, 1.165) is 0 Å². The first-order valence-corrected chi connectivity index (χ1v) is 11.0. The number of carbonyl (C=O) groups is 2. The van der Waals surface area contributed by atoms with Crippen molar-refractivity contribution in [2.24, 2.45) is 0 Å². The number of Topliss-reactive ketones (excluding diaryl/α,β-unsaturated/α-hetero) is 1. The van der Waals surface area contributed by atoms with Crippen molar-refractivity contribution >= 4 is 40.7 Å². The SMILES string of the molecule is COc1ccc(OC)c(/C(O)=C2\C(=O)C(=O)N(Cc3ccccn3)C2c2ccc(Cl)c(Cl)c2)c1. The third-order valence-electron chi connectivity index (χ3n) is 5.52. The van der Waals surface area contributed by atoms with E-state index in [2.05, 4.69) is 4.98 Å². The summed E-state index contributed by atoms with van der Waals surface area (Å²) in [6.45, 7) is 0.0440. The van der Waals surface area contributed by atoms with Gasteiger partial charge in [-0.3, -0.25) is 14.6 Å². The maximum Gasteiger partial charge on any atom is 0.296 e. The van der Waals surface area contributed by atoms with Crippen molar-refractivity contribution < 1.29 is 24.2 Å². The van der Waals surface area contributed by atoms with E-state index in [9.17, 15) is 14.7 Å². The minimum atomic E-state index is -0.937. The molecule has 9 heteroatoms. The highest BCUT2D eigenvalue weighted by Gasteiger charge is 2.46. The Balaban J connectivity index is 1.93. The van der Waals surface area contributed by atoms with E-state index in [4.69, 9.17) is 32.7 Å². The normalized spacial score (nSPS) is 17.2. The molecule has 1 aliphatic rings. The lowest BCUT2D eigenvalue weighted by molar-refractivity contribution is -0.140. The number of aliphatic hydroxyl groups is 1. The molecule has 4 rings (SSSR count). The van der Waals surface area contributed by atoms with Crippen LogP contribution < -0.4 is 9.47 Å². The number of hydrogen-bond acceptors (Lipinski definition) is 6. The number of amides is 1. The number of pyridine rings is 1. The molecule has 0 spiro atoms. The fourth-order valence-electron chi connectivity index (χ4n) is 3.88. The van der Waals surface area contributed by atoms with Gasteiger partial charge in [-0.15, -0.1) is 0 Å². The third kappa shape index (κ3) is 4.32. The zero-order valence-electron chi connectivity index (χ0n) is 18.3. The van der Waals surface area contributed by atoms with E-state index in [-0.39, 0.29) is 22.7 Å². The van der Waals surface area contributed by atoms with Crippen LogP contribution in [0.2, 0.25) is 10.0 Å². The molecule has 2 aromatic carbocycles. The summed E-state index contributed by atoms with van der Waals surface area (Å²) in [7, 11) is 2.92. The second-order valence-corrected chi connectivity index (χ2v) is 8.30. The van der Waals surface area contributed by atoms with Gasteiger partial charge in [0, 0.05) is 6.20 Å². The monoisotopic (exact) mass is 498 g/mol. The molecule has 1 unspecified atom stereocenters. The van der Waals surface area contributed by atoms with E-state index >= 15 is 0 Å². The molecule has 1 fully saturated rings. The van der Waals surface area contributed by atoms with Crippen LogP contribution in [0.5, 0.6) is 11.5 Å². The maximum absolute atomic E-state index is 13.2. The molecule has 0 aliphatic carbocycles. The number of carbonyl (C=O) groups excluding carboxylic acids is 2. The molecule has 7 nitrogen and oxygen atoms in total. The van der Waals surface area contributed by atoms with Gasteiger partial charge in [-0.05, 0) is 48.0 Å². The third-order valence-corrected chi connectivity index (χ3v) is 6.26. The van der Waals surface area contributed by atoms with Gasteiger partial charge in [0.2, 0.25) is 0 Å². The summed E-state index contributed by atoms with van der Waals surface area (Å²) in [6, 6.07) is 13.9. The van der Waals surface area contributed by atoms with Crippen molar-refractivity contribution in [2.75, 3.05) is 14.2 Å². The van der Waals surface area contributed by atoms with E-state index in [0.29, 0.717) is 27.8 Å². The number of benzene rings is 2. The lowest BCUT2D eigenvalue weighted by Crippen LogP contribution is -2.29. The topological polar surface area (TPSA) is 89.0 Å². The number of aromatic nitrogens is 1. The van der Waals surface area contributed by atoms with Crippen molar-refractivity contribution in [1.82, 2.24) is 9.88 Å². The van der Waals surface area contributed by atoms with Crippen molar-refractivity contribution in [3.8, 4) is 11.5 Å². The molecule has 1 atom stereocenters. The fraction of sp³-hybridized carbons (Fsp3) is 0.160. The Kier molecular flexibility index (Phi) is 6.77. The molecule has 174 valence electrons. The van der Waals surface area contributed by atoms with E-state index in [1.54, 1.807) is 54.7 Å². The minimum absolute atomic E-state index is 0.0440. The van der Waals surface area contributed by atoms with Gasteiger partial charge in [0.05, 0.1) is 53.7 Å². The fourth-order valence-corrected chi connectivity index (χ4v) is 4.19. The van der Waals surface area contributed by atoms with Crippen LogP contribution >= 0.6 is 23.2 Å². The Bertz CT molecular complexity index is 1290. The second kappa shape index (κ2) is 9.75. The Morgan fingerprint density at radius 3 is 2.47 bits per heavy atom. The summed E-state index contributed by atoms with van der Waals surface area (Å²) >= 11 is 12.4. The number of rotatable bonds is 6. The van der Waals surface area contributed by atoms with Gasteiger partial charge >= 0.3 is 0 Å². The molecular weight excluding hydrogens is 479 g/mol. The molecule has 1 aliphatic heterocycles. The highest BCUT2D eigenvalue weighted by molar-refractivity contribution is 6.46. The predicted octanol–water partition coefficient (Wildman–Crippen LogP) is 5.03. The molecule has 1 saturated heterocycles. The molecule has 3 aromatic rings. The quantitative estimate of drug-likeness (QED) is 0.291. The number of halogens is 2. The van der Waals surface area contributed by atoms with Crippen LogP contribution in [0, 0.1) is 0 Å². The van der Waals surface area contributed by atoms with Gasteiger partial charge < -0.3 is 19.5 Å². The predicted molar refractivity (Wildman–Crippen MR) is 128 cm³/mol. The van der Waals surface area contributed by atoms with Gasteiger partial charge in [0.25, 0.3) is 11.7 Å². The first kappa shape index (κ1) is 23.6. The average molecular weight is 499 g/mol. The van der Waals surface area contributed by atoms with Gasteiger partial charge in [0.1, 0.15) is 17.3 Å². The van der Waals surface area contributed by atoms with Crippen molar-refractivity contribution in [1.29, 1.82) is 0 Å². The van der Waals surface area contributed by atoms with Crippen LogP contribution in [-0.4, -0.2) is 40.9 Å². The highest BCUT2D eigenvalue weighted by atomic mass is 35.5. The van der Waals surface area contributed by atoms with E-state index in [1.165, 1.54) is 25.2 Å². The Morgan fingerprint density at radius 1 is 1.03 bits per heavy atom. The molecule has 0 bridgehead atoms. The molecule has 1 amide bonds. The van der Waals surface area contributed by atoms with Crippen LogP contribution in [0.25, 0.3) is 5.76 Å². The summed E-state index contributed by atoms with van der Waals surface area (Å²) in [4.78, 5) is 32.0. The standard InChI is InChI=1S/C25H20Cl2N2O5/c1-33-16-7-9-20(34-2)17(12-16)23(30)21-22(14-6-8-18(26)19(27)11-14)29(25(32)24(21)31)13-15-5-3-4-10-28-15/h3-12,22,30H,13H2,1-2H3/b23-21+. The summed E-state index contributed by atoms with van der Waals surface area (Å²) in [6.07, 6.45) is 1.60. The van der Waals surface area contributed by atoms with Gasteiger partial charge in [-0.2, -0.15) is 0 Å². The van der Waals surface area contributed by atoms with Gasteiger partial charge in [-0.1, -0.05) is 35.3 Å². The Morgan fingerprint density at radius 2 is 1.82 bits per heavy atom. The summed E-state index contributed by atoms with van der Waals surface area (Å²) in [5.74, 6) is -1.26. The lowest BCUT2D eigenvalue weighted by atomic mass is 9.95.